The average Bonchev–Trinajstić information content (AvgIpc) is 2.86. The predicted octanol–water partition coefficient (Wildman–Crippen LogP) is 3.07. The van der Waals surface area contributed by atoms with Gasteiger partial charge in [-0.25, -0.2) is 13.2 Å². The third-order valence-electron chi connectivity index (χ3n) is 3.47. The maximum Gasteiger partial charge on any atom is 0.257 e. The SMILES string of the molecule is C[C@H]1CN(Cc2cnn(CC(F)F)c2)c2cccc(F)c2O1. The first-order valence-corrected chi connectivity index (χ1v) is 7.02. The van der Waals surface area contributed by atoms with Crippen LogP contribution in [-0.4, -0.2) is 28.9 Å². The molecule has 7 heteroatoms. The van der Waals surface area contributed by atoms with E-state index >= 15 is 0 Å². The number of aromatic nitrogens is 2. The van der Waals surface area contributed by atoms with E-state index in [1.165, 1.54) is 10.7 Å². The topological polar surface area (TPSA) is 30.3 Å². The molecule has 22 heavy (non-hydrogen) atoms. The fourth-order valence-electron chi connectivity index (χ4n) is 2.61. The van der Waals surface area contributed by atoms with E-state index in [4.69, 9.17) is 4.74 Å². The Hall–Kier alpha value is -2.18. The number of hydrogen-bond donors (Lipinski definition) is 0. The number of nitrogens with zero attached hydrogens (tertiary/aromatic N) is 3. The molecule has 2 aromatic rings. The van der Waals surface area contributed by atoms with Gasteiger partial charge in [0.25, 0.3) is 6.43 Å². The highest BCUT2D eigenvalue weighted by atomic mass is 19.3. The zero-order valence-electron chi connectivity index (χ0n) is 12.0. The number of hydrogen-bond acceptors (Lipinski definition) is 3. The number of ether oxygens (including phenoxy) is 1. The Kier molecular flexibility index (Phi) is 3.96. The van der Waals surface area contributed by atoms with Crippen molar-refractivity contribution in [1.82, 2.24) is 9.78 Å². The minimum absolute atomic E-state index is 0.152. The monoisotopic (exact) mass is 311 g/mol. The number of benzene rings is 1. The molecule has 0 spiro atoms. The van der Waals surface area contributed by atoms with E-state index < -0.39 is 18.8 Å². The highest BCUT2D eigenvalue weighted by Gasteiger charge is 2.25. The lowest BCUT2D eigenvalue weighted by molar-refractivity contribution is 0.122. The van der Waals surface area contributed by atoms with Crippen LogP contribution in [0.15, 0.2) is 30.6 Å². The molecule has 0 saturated carbocycles. The van der Waals surface area contributed by atoms with Gasteiger partial charge in [-0.3, -0.25) is 4.68 Å². The molecule has 0 unspecified atom stereocenters. The summed E-state index contributed by atoms with van der Waals surface area (Å²) in [5, 5.41) is 3.92. The number of fused-ring (bicyclic) bond motifs is 1. The molecule has 0 radical (unpaired) electrons. The molecule has 1 atom stereocenters. The lowest BCUT2D eigenvalue weighted by atomic mass is 10.1. The van der Waals surface area contributed by atoms with Crippen molar-refractivity contribution < 1.29 is 17.9 Å². The highest BCUT2D eigenvalue weighted by Crippen LogP contribution is 2.36. The van der Waals surface area contributed by atoms with Crippen molar-refractivity contribution in [2.24, 2.45) is 0 Å². The fraction of sp³-hybridized carbons (Fsp3) is 0.400. The van der Waals surface area contributed by atoms with Gasteiger partial charge < -0.3 is 9.64 Å². The third kappa shape index (κ3) is 3.03. The zero-order chi connectivity index (χ0) is 15.7. The van der Waals surface area contributed by atoms with Crippen LogP contribution >= 0.6 is 0 Å². The van der Waals surface area contributed by atoms with E-state index in [9.17, 15) is 13.2 Å². The summed E-state index contributed by atoms with van der Waals surface area (Å²) >= 11 is 0. The Balaban J connectivity index is 1.81. The van der Waals surface area contributed by atoms with Gasteiger partial charge in [0.05, 0.1) is 18.4 Å². The molecule has 4 nitrogen and oxygen atoms in total. The van der Waals surface area contributed by atoms with Gasteiger partial charge in [-0.2, -0.15) is 5.10 Å². The molecule has 0 N–H and O–H groups in total. The molecular weight excluding hydrogens is 295 g/mol. The molecule has 1 aromatic carbocycles. The summed E-state index contributed by atoms with van der Waals surface area (Å²) in [6.45, 7) is 2.50. The van der Waals surface area contributed by atoms with E-state index in [0.717, 1.165) is 5.56 Å². The van der Waals surface area contributed by atoms with E-state index in [1.54, 1.807) is 24.5 Å². The number of rotatable bonds is 4. The van der Waals surface area contributed by atoms with Gasteiger partial charge >= 0.3 is 0 Å². The molecule has 118 valence electrons. The molecule has 1 aliphatic rings. The van der Waals surface area contributed by atoms with Crippen LogP contribution in [0.3, 0.4) is 0 Å². The van der Waals surface area contributed by atoms with Gasteiger partial charge in [-0.05, 0) is 19.1 Å². The van der Waals surface area contributed by atoms with E-state index in [1.807, 2.05) is 11.8 Å². The summed E-state index contributed by atoms with van der Waals surface area (Å²) in [6.07, 6.45) is 0.554. The third-order valence-corrected chi connectivity index (χ3v) is 3.47. The molecule has 0 aliphatic carbocycles. The van der Waals surface area contributed by atoms with Crippen LogP contribution < -0.4 is 9.64 Å². The summed E-state index contributed by atoms with van der Waals surface area (Å²) in [7, 11) is 0. The molecule has 0 bridgehead atoms. The lowest BCUT2D eigenvalue weighted by Crippen LogP contribution is -2.38. The van der Waals surface area contributed by atoms with Crippen LogP contribution in [-0.2, 0) is 13.1 Å². The summed E-state index contributed by atoms with van der Waals surface area (Å²) in [6, 6.07) is 4.77. The van der Waals surface area contributed by atoms with Crippen molar-refractivity contribution in [1.29, 1.82) is 0 Å². The smallest absolute Gasteiger partial charge is 0.257 e. The second-order valence-corrected chi connectivity index (χ2v) is 5.36. The molecule has 1 aliphatic heterocycles. The van der Waals surface area contributed by atoms with Crippen LogP contribution in [0.1, 0.15) is 12.5 Å². The fourth-order valence-corrected chi connectivity index (χ4v) is 2.61. The first-order chi connectivity index (χ1) is 10.5. The van der Waals surface area contributed by atoms with Crippen molar-refractivity contribution >= 4 is 5.69 Å². The highest BCUT2D eigenvalue weighted by molar-refractivity contribution is 5.60. The molecule has 1 aromatic heterocycles. The summed E-state index contributed by atoms with van der Waals surface area (Å²) < 4.78 is 45.3. The number of anilines is 1. The van der Waals surface area contributed by atoms with E-state index in [0.29, 0.717) is 18.8 Å². The molecule has 0 fully saturated rings. The molecule has 0 amide bonds. The summed E-state index contributed by atoms with van der Waals surface area (Å²) in [5.41, 5.74) is 1.46. The normalized spacial score (nSPS) is 17.5. The first kappa shape index (κ1) is 14.7. The van der Waals surface area contributed by atoms with E-state index in [-0.39, 0.29) is 11.9 Å². The number of para-hydroxylation sites is 1. The maximum absolute atomic E-state index is 13.9. The van der Waals surface area contributed by atoms with Crippen LogP contribution in [0.4, 0.5) is 18.9 Å². The Morgan fingerprint density at radius 1 is 1.41 bits per heavy atom. The Morgan fingerprint density at radius 3 is 3.00 bits per heavy atom. The van der Waals surface area contributed by atoms with E-state index in [2.05, 4.69) is 5.10 Å². The van der Waals surface area contributed by atoms with Crippen LogP contribution in [0, 0.1) is 5.82 Å². The lowest BCUT2D eigenvalue weighted by Gasteiger charge is -2.34. The van der Waals surface area contributed by atoms with Crippen LogP contribution in [0.2, 0.25) is 0 Å². The Bertz CT molecular complexity index is 659. The number of halogens is 3. The standard InChI is InChI=1S/C15H16F3N3O/c1-10-6-20(13-4-2-3-12(16)15(13)22-10)7-11-5-19-21(8-11)9-14(17)18/h2-5,8,10,14H,6-7,9H2,1H3/t10-/m0/s1. The van der Waals surface area contributed by atoms with Gasteiger partial charge in [0.1, 0.15) is 12.6 Å². The van der Waals surface area contributed by atoms with Crippen molar-refractivity contribution in [3.05, 3.63) is 42.0 Å². The van der Waals surface area contributed by atoms with Gasteiger partial charge in [-0.1, -0.05) is 6.07 Å². The molecule has 0 saturated heterocycles. The van der Waals surface area contributed by atoms with Crippen molar-refractivity contribution in [2.45, 2.75) is 32.5 Å². The first-order valence-electron chi connectivity index (χ1n) is 7.02. The molecule has 3 rings (SSSR count). The minimum atomic E-state index is -2.44. The largest absolute Gasteiger partial charge is 0.484 e. The maximum atomic E-state index is 13.9. The summed E-state index contributed by atoms with van der Waals surface area (Å²) in [5.74, 6) is -0.163. The predicted molar refractivity (Wildman–Crippen MR) is 75.8 cm³/mol. The second kappa shape index (κ2) is 5.90. The van der Waals surface area contributed by atoms with Crippen molar-refractivity contribution in [3.8, 4) is 5.75 Å². The number of alkyl halides is 2. The van der Waals surface area contributed by atoms with Gasteiger partial charge in [-0.15, -0.1) is 0 Å². The zero-order valence-corrected chi connectivity index (χ0v) is 12.0. The Labute approximate surface area is 126 Å². The van der Waals surface area contributed by atoms with Crippen molar-refractivity contribution in [3.63, 3.8) is 0 Å². The molecular formula is C15H16F3N3O. The van der Waals surface area contributed by atoms with Crippen LogP contribution in [0.5, 0.6) is 5.75 Å². The Morgan fingerprint density at radius 2 is 2.23 bits per heavy atom. The quantitative estimate of drug-likeness (QED) is 0.869. The van der Waals surface area contributed by atoms with Crippen molar-refractivity contribution in [2.75, 3.05) is 11.4 Å². The second-order valence-electron chi connectivity index (χ2n) is 5.36. The molecule has 2 heterocycles. The minimum Gasteiger partial charge on any atom is -0.484 e. The van der Waals surface area contributed by atoms with Gasteiger partial charge in [0.2, 0.25) is 0 Å². The summed E-state index contributed by atoms with van der Waals surface area (Å²) in [4.78, 5) is 1.97. The van der Waals surface area contributed by atoms with Crippen LogP contribution in [0.25, 0.3) is 0 Å². The van der Waals surface area contributed by atoms with Gasteiger partial charge in [0, 0.05) is 18.3 Å². The van der Waals surface area contributed by atoms with Gasteiger partial charge in [0.15, 0.2) is 11.6 Å². The average molecular weight is 311 g/mol.